The minimum Gasteiger partial charge on any atom is -0.383 e. The van der Waals surface area contributed by atoms with Crippen LogP contribution in [0.25, 0.3) is 10.2 Å². The summed E-state index contributed by atoms with van der Waals surface area (Å²) in [5.41, 5.74) is 1.43. The average Bonchev–Trinajstić information content (AvgIpc) is 3.01. The van der Waals surface area contributed by atoms with Crippen LogP contribution in [-0.4, -0.2) is 38.4 Å². The topological polar surface area (TPSA) is 77.7 Å². The lowest BCUT2D eigenvalue weighted by molar-refractivity contribution is -0.117. The Bertz CT molecular complexity index is 1170. The molecule has 1 amide bonds. The first-order valence-corrected chi connectivity index (χ1v) is 11.6. The van der Waals surface area contributed by atoms with Crippen LogP contribution in [0.15, 0.2) is 53.5 Å². The molecule has 0 atom stereocenters. The third-order valence-corrected chi connectivity index (χ3v) is 6.88. The highest BCUT2D eigenvalue weighted by atomic mass is 32.2. The molecular formula is C20H21FN2O4S2. The number of nitrogens with zero attached hydrogens (tertiary/aromatic N) is 2. The molecule has 6 nitrogen and oxygen atoms in total. The zero-order valence-electron chi connectivity index (χ0n) is 15.9. The summed E-state index contributed by atoms with van der Waals surface area (Å²) in [5, 5.41) is 0. The van der Waals surface area contributed by atoms with Gasteiger partial charge in [-0.25, -0.2) is 12.8 Å². The SMILES string of the molecule is COCCn1c(=NC(=O)CCS(=O)(=O)Cc2ccccc2)sc2cc(F)ccc21. The number of thiazole rings is 1. The summed E-state index contributed by atoms with van der Waals surface area (Å²) in [4.78, 5) is 16.8. The van der Waals surface area contributed by atoms with E-state index in [-0.39, 0.29) is 23.7 Å². The highest BCUT2D eigenvalue weighted by Crippen LogP contribution is 2.18. The number of carbonyl (C=O) groups is 1. The Labute approximate surface area is 172 Å². The highest BCUT2D eigenvalue weighted by Gasteiger charge is 2.15. The number of hydrogen-bond donors (Lipinski definition) is 0. The summed E-state index contributed by atoms with van der Waals surface area (Å²) in [6.45, 7) is 0.844. The molecule has 0 N–H and O–H groups in total. The number of benzene rings is 2. The maximum Gasteiger partial charge on any atom is 0.249 e. The number of ether oxygens (including phenoxy) is 1. The Morgan fingerprint density at radius 1 is 1.21 bits per heavy atom. The number of sulfone groups is 1. The number of amides is 1. The second-order valence-electron chi connectivity index (χ2n) is 6.47. The van der Waals surface area contributed by atoms with Crippen molar-refractivity contribution in [2.24, 2.45) is 4.99 Å². The first-order valence-electron chi connectivity index (χ1n) is 8.98. The molecule has 0 aliphatic rings. The maximum atomic E-state index is 13.5. The van der Waals surface area contributed by atoms with Crippen LogP contribution >= 0.6 is 11.3 Å². The van der Waals surface area contributed by atoms with Gasteiger partial charge >= 0.3 is 0 Å². The van der Waals surface area contributed by atoms with Gasteiger partial charge in [-0.1, -0.05) is 41.7 Å². The van der Waals surface area contributed by atoms with Crippen molar-refractivity contribution in [1.29, 1.82) is 0 Å². The minimum absolute atomic E-state index is 0.114. The molecule has 0 aliphatic carbocycles. The molecule has 0 saturated heterocycles. The molecule has 0 spiro atoms. The van der Waals surface area contributed by atoms with Crippen LogP contribution in [0.1, 0.15) is 12.0 Å². The van der Waals surface area contributed by atoms with Gasteiger partial charge in [0, 0.05) is 20.1 Å². The third kappa shape index (κ3) is 5.81. The molecule has 0 aliphatic heterocycles. The lowest BCUT2D eigenvalue weighted by atomic mass is 10.2. The van der Waals surface area contributed by atoms with E-state index in [0.717, 1.165) is 5.52 Å². The van der Waals surface area contributed by atoms with Gasteiger partial charge in [0.25, 0.3) is 0 Å². The zero-order valence-corrected chi connectivity index (χ0v) is 17.5. The van der Waals surface area contributed by atoms with Crippen LogP contribution in [-0.2, 0) is 31.7 Å². The summed E-state index contributed by atoms with van der Waals surface area (Å²) in [7, 11) is -1.87. The molecule has 0 fully saturated rings. The molecule has 154 valence electrons. The van der Waals surface area contributed by atoms with E-state index in [2.05, 4.69) is 4.99 Å². The average molecular weight is 437 g/mol. The van der Waals surface area contributed by atoms with E-state index in [4.69, 9.17) is 4.74 Å². The molecule has 3 aromatic rings. The van der Waals surface area contributed by atoms with Gasteiger partial charge in [-0.3, -0.25) is 4.79 Å². The Balaban J connectivity index is 1.78. The Hall–Kier alpha value is -2.36. The van der Waals surface area contributed by atoms with Gasteiger partial charge in [0.1, 0.15) is 5.82 Å². The number of methoxy groups -OCH3 is 1. The van der Waals surface area contributed by atoms with E-state index in [1.807, 2.05) is 6.07 Å². The van der Waals surface area contributed by atoms with Gasteiger partial charge in [-0.15, -0.1) is 0 Å². The van der Waals surface area contributed by atoms with Gasteiger partial charge < -0.3 is 9.30 Å². The number of hydrogen-bond acceptors (Lipinski definition) is 5. The summed E-state index contributed by atoms with van der Waals surface area (Å²) in [6.07, 6.45) is -0.206. The monoisotopic (exact) mass is 436 g/mol. The molecule has 3 rings (SSSR count). The van der Waals surface area contributed by atoms with E-state index in [9.17, 15) is 17.6 Å². The fourth-order valence-corrected chi connectivity index (χ4v) is 5.27. The number of fused-ring (bicyclic) bond motifs is 1. The molecular weight excluding hydrogens is 415 g/mol. The van der Waals surface area contributed by atoms with Crippen molar-refractivity contribution in [2.45, 2.75) is 18.7 Å². The molecule has 1 aromatic heterocycles. The number of carbonyl (C=O) groups excluding carboxylic acids is 1. The van der Waals surface area contributed by atoms with Gasteiger partial charge in [0.15, 0.2) is 14.6 Å². The quantitative estimate of drug-likeness (QED) is 0.544. The van der Waals surface area contributed by atoms with E-state index in [1.165, 1.54) is 23.5 Å². The molecule has 0 bridgehead atoms. The largest absolute Gasteiger partial charge is 0.383 e. The first-order chi connectivity index (χ1) is 13.9. The second-order valence-corrected chi connectivity index (χ2v) is 9.67. The van der Waals surface area contributed by atoms with Gasteiger partial charge in [0.05, 0.1) is 28.3 Å². The van der Waals surface area contributed by atoms with Gasteiger partial charge in [0.2, 0.25) is 5.91 Å². The third-order valence-electron chi connectivity index (χ3n) is 4.24. The highest BCUT2D eigenvalue weighted by molar-refractivity contribution is 7.90. The summed E-state index contributed by atoms with van der Waals surface area (Å²) < 4.78 is 45.6. The zero-order chi connectivity index (χ0) is 20.9. The normalized spacial score (nSPS) is 12.6. The van der Waals surface area contributed by atoms with E-state index in [1.54, 1.807) is 42.0 Å². The molecule has 2 aromatic carbocycles. The molecule has 0 unspecified atom stereocenters. The number of rotatable bonds is 8. The van der Waals surface area contributed by atoms with Crippen molar-refractivity contribution in [3.8, 4) is 0 Å². The van der Waals surface area contributed by atoms with Crippen LogP contribution in [0.5, 0.6) is 0 Å². The molecule has 0 saturated carbocycles. The van der Waals surface area contributed by atoms with Crippen LogP contribution in [0.2, 0.25) is 0 Å². The Morgan fingerprint density at radius 2 is 1.97 bits per heavy atom. The van der Waals surface area contributed by atoms with Crippen molar-refractivity contribution in [3.63, 3.8) is 0 Å². The summed E-state index contributed by atoms with van der Waals surface area (Å²) in [6, 6.07) is 13.2. The van der Waals surface area contributed by atoms with Crippen LogP contribution < -0.4 is 4.80 Å². The van der Waals surface area contributed by atoms with E-state index < -0.39 is 15.7 Å². The van der Waals surface area contributed by atoms with Crippen LogP contribution in [0.3, 0.4) is 0 Å². The predicted molar refractivity (Wildman–Crippen MR) is 111 cm³/mol. The molecule has 9 heteroatoms. The summed E-state index contributed by atoms with van der Waals surface area (Å²) in [5.74, 6) is -1.29. The van der Waals surface area contributed by atoms with Crippen molar-refractivity contribution in [2.75, 3.05) is 19.5 Å². The molecule has 29 heavy (non-hydrogen) atoms. The minimum atomic E-state index is -3.43. The number of aromatic nitrogens is 1. The van der Waals surface area contributed by atoms with Crippen molar-refractivity contribution in [3.05, 3.63) is 64.7 Å². The molecule has 0 radical (unpaired) electrons. The summed E-state index contributed by atoms with van der Waals surface area (Å²) >= 11 is 1.18. The second kappa shape index (κ2) is 9.43. The van der Waals surface area contributed by atoms with Crippen molar-refractivity contribution in [1.82, 2.24) is 4.57 Å². The predicted octanol–water partition coefficient (Wildman–Crippen LogP) is 2.92. The molecule has 1 heterocycles. The van der Waals surface area contributed by atoms with Crippen molar-refractivity contribution < 1.29 is 22.3 Å². The van der Waals surface area contributed by atoms with E-state index in [0.29, 0.717) is 28.2 Å². The Kier molecular flexibility index (Phi) is 6.94. The van der Waals surface area contributed by atoms with Gasteiger partial charge in [-0.05, 0) is 23.8 Å². The first kappa shape index (κ1) is 21.4. The maximum absolute atomic E-state index is 13.5. The standard InChI is InChI=1S/C20H21FN2O4S2/c1-27-11-10-23-17-8-7-16(21)13-18(17)28-20(23)22-19(24)9-12-29(25,26)14-15-5-3-2-4-6-15/h2-8,13H,9-12,14H2,1H3. The Morgan fingerprint density at radius 3 is 2.69 bits per heavy atom. The van der Waals surface area contributed by atoms with Crippen LogP contribution in [0.4, 0.5) is 4.39 Å². The lowest BCUT2D eigenvalue weighted by Crippen LogP contribution is -2.20. The lowest BCUT2D eigenvalue weighted by Gasteiger charge is -2.04. The van der Waals surface area contributed by atoms with Crippen LogP contribution in [0, 0.1) is 5.82 Å². The van der Waals surface area contributed by atoms with E-state index >= 15 is 0 Å². The van der Waals surface area contributed by atoms with Crippen molar-refractivity contribution >= 4 is 37.3 Å². The smallest absolute Gasteiger partial charge is 0.249 e. The number of halogens is 1. The fraction of sp³-hybridized carbons (Fsp3) is 0.300. The fourth-order valence-electron chi connectivity index (χ4n) is 2.84. The van der Waals surface area contributed by atoms with Gasteiger partial charge in [-0.2, -0.15) is 4.99 Å².